The Morgan fingerprint density at radius 3 is 2.94 bits per heavy atom. The first-order valence-corrected chi connectivity index (χ1v) is 7.70. The van der Waals surface area contributed by atoms with Crippen molar-refractivity contribution in [3.05, 3.63) is 18.0 Å². The number of aromatic amines is 1. The van der Waals surface area contributed by atoms with E-state index >= 15 is 0 Å². The van der Waals surface area contributed by atoms with Crippen molar-refractivity contribution in [2.75, 3.05) is 18.8 Å². The predicted octanol–water partition coefficient (Wildman–Crippen LogP) is 2.30. The molecule has 1 saturated heterocycles. The highest BCUT2D eigenvalue weighted by atomic mass is 32.2. The summed E-state index contributed by atoms with van der Waals surface area (Å²) in [7, 11) is 0. The average Bonchev–Trinajstić information content (AvgIpc) is 2.93. The molecule has 2 fully saturated rings. The van der Waals surface area contributed by atoms with Gasteiger partial charge in [-0.1, -0.05) is 19.3 Å². The fraction of sp³-hybridized carbons (Fsp3) is 0.692. The van der Waals surface area contributed by atoms with Crippen LogP contribution < -0.4 is 0 Å². The maximum atomic E-state index is 12.3. The topological polar surface area (TPSA) is 49.0 Å². The van der Waals surface area contributed by atoms with E-state index in [1.807, 2.05) is 4.90 Å². The van der Waals surface area contributed by atoms with Gasteiger partial charge in [-0.3, -0.25) is 9.89 Å². The number of carbonyl (C=O) groups excluding carboxylic acids is 1. The van der Waals surface area contributed by atoms with E-state index in [4.69, 9.17) is 0 Å². The second kappa shape index (κ2) is 4.96. The van der Waals surface area contributed by atoms with Crippen molar-refractivity contribution in [1.29, 1.82) is 0 Å². The zero-order chi connectivity index (χ0) is 12.4. The van der Waals surface area contributed by atoms with Crippen LogP contribution in [0.5, 0.6) is 0 Å². The first-order chi connectivity index (χ1) is 8.79. The van der Waals surface area contributed by atoms with E-state index in [1.165, 1.54) is 32.1 Å². The Hall–Kier alpha value is -0.970. The molecule has 0 bridgehead atoms. The van der Waals surface area contributed by atoms with Gasteiger partial charge in [0.2, 0.25) is 0 Å². The number of nitrogens with one attached hydrogen (secondary N) is 1. The van der Waals surface area contributed by atoms with Gasteiger partial charge in [0.25, 0.3) is 5.91 Å². The van der Waals surface area contributed by atoms with Crippen molar-refractivity contribution in [3.8, 4) is 0 Å². The zero-order valence-corrected chi connectivity index (χ0v) is 11.3. The summed E-state index contributed by atoms with van der Waals surface area (Å²) in [4.78, 5) is 14.3. The lowest BCUT2D eigenvalue weighted by molar-refractivity contribution is 0.0724. The van der Waals surface area contributed by atoms with Gasteiger partial charge >= 0.3 is 0 Å². The van der Waals surface area contributed by atoms with Gasteiger partial charge < -0.3 is 4.90 Å². The molecule has 0 atom stereocenters. The van der Waals surface area contributed by atoms with Crippen LogP contribution in [0, 0.1) is 0 Å². The Morgan fingerprint density at radius 1 is 1.39 bits per heavy atom. The highest BCUT2D eigenvalue weighted by Gasteiger charge is 2.38. The summed E-state index contributed by atoms with van der Waals surface area (Å²) in [6.07, 6.45) is 8.17. The van der Waals surface area contributed by atoms with Gasteiger partial charge in [-0.05, 0) is 18.9 Å². The third kappa shape index (κ3) is 2.28. The molecule has 4 nitrogen and oxygen atoms in total. The molecule has 2 aliphatic rings. The Labute approximate surface area is 112 Å². The monoisotopic (exact) mass is 265 g/mol. The average molecular weight is 265 g/mol. The maximum Gasteiger partial charge on any atom is 0.271 e. The molecule has 0 unspecified atom stereocenters. The van der Waals surface area contributed by atoms with E-state index < -0.39 is 0 Å². The highest BCUT2D eigenvalue weighted by Crippen LogP contribution is 2.42. The first kappa shape index (κ1) is 12.1. The van der Waals surface area contributed by atoms with E-state index in [-0.39, 0.29) is 5.91 Å². The molecular formula is C13H19N3OS. The number of thioether (sulfide) groups is 1. The lowest BCUT2D eigenvalue weighted by Gasteiger charge is -2.44. The van der Waals surface area contributed by atoms with Gasteiger partial charge in [0.1, 0.15) is 5.69 Å². The molecule has 1 amide bonds. The summed E-state index contributed by atoms with van der Waals surface area (Å²) >= 11 is 2.09. The van der Waals surface area contributed by atoms with E-state index in [1.54, 1.807) is 12.3 Å². The van der Waals surface area contributed by atoms with Crippen LogP contribution in [-0.2, 0) is 0 Å². The minimum absolute atomic E-state index is 0.109. The van der Waals surface area contributed by atoms with E-state index in [9.17, 15) is 4.79 Å². The smallest absolute Gasteiger partial charge is 0.271 e. The molecular weight excluding hydrogens is 246 g/mol. The van der Waals surface area contributed by atoms with Crippen LogP contribution in [0.1, 0.15) is 42.6 Å². The maximum absolute atomic E-state index is 12.3. The zero-order valence-electron chi connectivity index (χ0n) is 10.5. The van der Waals surface area contributed by atoms with Crippen molar-refractivity contribution >= 4 is 17.7 Å². The highest BCUT2D eigenvalue weighted by molar-refractivity contribution is 8.00. The molecule has 1 saturated carbocycles. The first-order valence-electron chi connectivity index (χ1n) is 6.72. The van der Waals surface area contributed by atoms with Crippen LogP contribution in [0.3, 0.4) is 0 Å². The summed E-state index contributed by atoms with van der Waals surface area (Å²) in [6.45, 7) is 1.78. The second-order valence-corrected chi connectivity index (χ2v) is 6.85. The van der Waals surface area contributed by atoms with Crippen LogP contribution in [0.25, 0.3) is 0 Å². The van der Waals surface area contributed by atoms with Crippen LogP contribution >= 0.6 is 11.8 Å². The molecule has 1 spiro atoms. The third-order valence-electron chi connectivity index (χ3n) is 4.03. The van der Waals surface area contributed by atoms with Gasteiger partial charge in [0, 0.05) is 29.8 Å². The van der Waals surface area contributed by atoms with Gasteiger partial charge in [-0.2, -0.15) is 16.9 Å². The molecule has 2 heterocycles. The van der Waals surface area contributed by atoms with Gasteiger partial charge in [0.05, 0.1) is 0 Å². The van der Waals surface area contributed by atoms with Crippen LogP contribution in [-0.4, -0.2) is 44.6 Å². The number of nitrogens with zero attached hydrogens (tertiary/aromatic N) is 2. The van der Waals surface area contributed by atoms with Crippen molar-refractivity contribution in [2.24, 2.45) is 0 Å². The largest absolute Gasteiger partial charge is 0.335 e. The second-order valence-electron chi connectivity index (χ2n) is 5.29. The lowest BCUT2D eigenvalue weighted by Crippen LogP contribution is -2.50. The SMILES string of the molecule is O=C(c1ccn[nH]1)N1CCSC2(CCCCC2)C1. The number of carbonyl (C=O) groups is 1. The van der Waals surface area contributed by atoms with Gasteiger partial charge in [0.15, 0.2) is 0 Å². The summed E-state index contributed by atoms with van der Waals surface area (Å²) < 4.78 is 0.339. The van der Waals surface area contributed by atoms with Gasteiger partial charge in [-0.25, -0.2) is 0 Å². The van der Waals surface area contributed by atoms with Crippen molar-refractivity contribution in [2.45, 2.75) is 36.9 Å². The molecule has 1 aromatic rings. The summed E-state index contributed by atoms with van der Waals surface area (Å²) in [5.41, 5.74) is 0.618. The summed E-state index contributed by atoms with van der Waals surface area (Å²) in [6, 6.07) is 1.76. The predicted molar refractivity (Wildman–Crippen MR) is 72.8 cm³/mol. The minimum atomic E-state index is 0.109. The lowest BCUT2D eigenvalue weighted by atomic mass is 9.87. The minimum Gasteiger partial charge on any atom is -0.335 e. The number of aromatic nitrogens is 2. The molecule has 1 N–H and O–H groups in total. The Morgan fingerprint density at radius 2 is 2.22 bits per heavy atom. The summed E-state index contributed by atoms with van der Waals surface area (Å²) in [5, 5.41) is 6.64. The molecule has 0 aromatic carbocycles. The number of hydrogen-bond donors (Lipinski definition) is 1. The van der Waals surface area contributed by atoms with Gasteiger partial charge in [-0.15, -0.1) is 0 Å². The van der Waals surface area contributed by atoms with E-state index in [2.05, 4.69) is 22.0 Å². The Bertz CT molecular complexity index is 406. The number of rotatable bonds is 1. The van der Waals surface area contributed by atoms with Crippen LogP contribution in [0.4, 0.5) is 0 Å². The molecule has 3 rings (SSSR count). The Kier molecular flexibility index (Phi) is 3.33. The molecule has 0 radical (unpaired) electrons. The molecule has 18 heavy (non-hydrogen) atoms. The van der Waals surface area contributed by atoms with E-state index in [0.29, 0.717) is 10.4 Å². The van der Waals surface area contributed by atoms with E-state index in [0.717, 1.165) is 18.8 Å². The normalized spacial score (nSPS) is 23.2. The number of hydrogen-bond acceptors (Lipinski definition) is 3. The van der Waals surface area contributed by atoms with Crippen LogP contribution in [0.2, 0.25) is 0 Å². The molecule has 1 aliphatic carbocycles. The number of H-pyrrole nitrogens is 1. The molecule has 1 aromatic heterocycles. The van der Waals surface area contributed by atoms with Crippen molar-refractivity contribution in [1.82, 2.24) is 15.1 Å². The van der Waals surface area contributed by atoms with Crippen molar-refractivity contribution < 1.29 is 4.79 Å². The fourth-order valence-electron chi connectivity index (χ4n) is 3.06. The molecule has 5 heteroatoms. The standard InChI is InChI=1S/C13H19N3OS/c17-12(11-4-7-14-15-11)16-8-9-18-13(10-16)5-2-1-3-6-13/h4,7H,1-3,5-6,8-10H2,(H,14,15). The fourth-order valence-corrected chi connectivity index (χ4v) is 4.63. The Balaban J connectivity index is 1.72. The third-order valence-corrected chi connectivity index (χ3v) is 5.57. The van der Waals surface area contributed by atoms with Crippen molar-refractivity contribution in [3.63, 3.8) is 0 Å². The van der Waals surface area contributed by atoms with Crippen LogP contribution in [0.15, 0.2) is 12.3 Å². The summed E-state index contributed by atoms with van der Waals surface area (Å²) in [5.74, 6) is 1.18. The molecule has 1 aliphatic heterocycles. The molecule has 98 valence electrons. The number of amides is 1. The quantitative estimate of drug-likeness (QED) is 0.847.